The first kappa shape index (κ1) is 28.1. The maximum absolute atomic E-state index is 10.7. The summed E-state index contributed by atoms with van der Waals surface area (Å²) in [4.78, 5) is 10.7. The van der Waals surface area contributed by atoms with Gasteiger partial charge in [0, 0.05) is 0 Å². The first-order valence-corrected chi connectivity index (χ1v) is 9.91. The molecule has 33 heavy (non-hydrogen) atoms. The van der Waals surface area contributed by atoms with Crippen LogP contribution in [-0.2, 0) is 23.7 Å². The van der Waals surface area contributed by atoms with Crippen LogP contribution >= 0.6 is 0 Å². The van der Waals surface area contributed by atoms with Crippen LogP contribution in [0.25, 0.3) is 0 Å². The third kappa shape index (κ3) is 6.53. The topological polar surface area (TPSA) is 277 Å². The first-order chi connectivity index (χ1) is 15.4. The Labute approximate surface area is 186 Å². The van der Waals surface area contributed by atoms with Crippen LogP contribution in [0.15, 0.2) is 0 Å². The summed E-state index contributed by atoms with van der Waals surface area (Å²) in [5.41, 5.74) is 0. The number of rotatable bonds is 10. The molecule has 2 aliphatic rings. The Morgan fingerprint density at radius 3 is 1.76 bits per heavy atom. The van der Waals surface area contributed by atoms with Crippen molar-refractivity contribution in [2.24, 2.45) is 0 Å². The van der Waals surface area contributed by atoms with E-state index in [9.17, 15) is 55.9 Å². The highest BCUT2D eigenvalue weighted by molar-refractivity contribution is 5.72. The van der Waals surface area contributed by atoms with E-state index in [2.05, 4.69) is 0 Å². The number of hydrogen-bond acceptors (Lipinski definition) is 15. The highest BCUT2D eigenvalue weighted by Crippen LogP contribution is 2.26. The van der Waals surface area contributed by atoms with Crippen LogP contribution in [0, 0.1) is 0 Å². The summed E-state index contributed by atoms with van der Waals surface area (Å²) >= 11 is 0. The molecule has 0 amide bonds. The zero-order chi connectivity index (χ0) is 25.0. The van der Waals surface area contributed by atoms with Gasteiger partial charge in [0.15, 0.2) is 18.7 Å². The van der Waals surface area contributed by atoms with E-state index >= 15 is 0 Å². The van der Waals surface area contributed by atoms with Crippen molar-refractivity contribution < 1.29 is 79.9 Å². The van der Waals surface area contributed by atoms with Crippen LogP contribution in [-0.4, -0.2) is 162 Å². The number of carboxylic acids is 1. The number of ether oxygens (including phenoxy) is 4. The Balaban J connectivity index is 1.96. The lowest BCUT2D eigenvalue weighted by atomic mass is 9.98. The third-order valence-corrected chi connectivity index (χ3v) is 5.34. The van der Waals surface area contributed by atoms with Crippen molar-refractivity contribution in [1.82, 2.24) is 0 Å². The van der Waals surface area contributed by atoms with Gasteiger partial charge < -0.3 is 75.1 Å². The molecule has 16 heteroatoms. The standard InChI is InChI=1S/C17H30O16/c18-1-5-8(21)10(23)13(26)17(32-5)31-3-6-9(22)11(24)14(27)16(33-6)30-2-4(19)7(20)12(25)15(28)29/h4-14,16-27H,1-3H2,(H,28,29)/t4-,5-,6-,7-,8-,9-,10+,11+,12+,13-,14-,16-,17+/m1/s1. The van der Waals surface area contributed by atoms with Crippen molar-refractivity contribution in [2.45, 2.75) is 79.7 Å². The predicted molar refractivity (Wildman–Crippen MR) is 98.0 cm³/mol. The molecule has 194 valence electrons. The quantitative estimate of drug-likeness (QED) is 0.136. The molecule has 2 aliphatic heterocycles. The van der Waals surface area contributed by atoms with Gasteiger partial charge in [-0.2, -0.15) is 0 Å². The summed E-state index contributed by atoms with van der Waals surface area (Å²) in [6.45, 7) is -2.17. The van der Waals surface area contributed by atoms with E-state index in [4.69, 9.17) is 24.1 Å². The van der Waals surface area contributed by atoms with Gasteiger partial charge in [-0.1, -0.05) is 0 Å². The minimum absolute atomic E-state index is 0.615. The summed E-state index contributed by atoms with van der Waals surface area (Å²) in [7, 11) is 0. The molecule has 0 aromatic rings. The van der Waals surface area contributed by atoms with E-state index in [-0.39, 0.29) is 0 Å². The number of aliphatic hydroxyl groups excluding tert-OH is 10. The average molecular weight is 490 g/mol. The van der Waals surface area contributed by atoms with Crippen molar-refractivity contribution in [2.75, 3.05) is 19.8 Å². The fourth-order valence-electron chi connectivity index (χ4n) is 3.24. The molecule has 2 heterocycles. The van der Waals surface area contributed by atoms with Gasteiger partial charge in [-0.05, 0) is 0 Å². The van der Waals surface area contributed by atoms with Crippen LogP contribution in [0.2, 0.25) is 0 Å². The van der Waals surface area contributed by atoms with Gasteiger partial charge in [0.25, 0.3) is 0 Å². The Bertz CT molecular complexity index is 620. The summed E-state index contributed by atoms with van der Waals surface area (Å²) in [6, 6.07) is 0. The van der Waals surface area contributed by atoms with E-state index in [0.717, 1.165) is 0 Å². The monoisotopic (exact) mass is 490 g/mol. The second-order valence-electron chi connectivity index (χ2n) is 7.72. The molecule has 2 rings (SSSR count). The second-order valence-corrected chi connectivity index (χ2v) is 7.72. The van der Waals surface area contributed by atoms with Crippen molar-refractivity contribution >= 4 is 5.97 Å². The second kappa shape index (κ2) is 12.0. The molecular weight excluding hydrogens is 460 g/mol. The van der Waals surface area contributed by atoms with Crippen LogP contribution in [0.5, 0.6) is 0 Å². The zero-order valence-corrected chi connectivity index (χ0v) is 17.1. The lowest BCUT2D eigenvalue weighted by Crippen LogP contribution is -2.62. The van der Waals surface area contributed by atoms with Crippen molar-refractivity contribution in [3.05, 3.63) is 0 Å². The van der Waals surface area contributed by atoms with E-state index in [1.165, 1.54) is 0 Å². The minimum atomic E-state index is -2.33. The molecule has 2 saturated heterocycles. The van der Waals surface area contributed by atoms with Gasteiger partial charge in [-0.15, -0.1) is 0 Å². The lowest BCUT2D eigenvalue weighted by Gasteiger charge is -2.42. The fraction of sp³-hybridized carbons (Fsp3) is 0.941. The SMILES string of the molecule is O=C(O)[C@@H](O)[C@H](O)[C@H](O)CO[C@@H]1O[C@H](CO[C@H]2O[C@H](CO)[C@@H](O)[C@H](O)[C@H]2O)[C@@H](O)[C@H](O)[C@H]1O. The van der Waals surface area contributed by atoms with Gasteiger partial charge >= 0.3 is 5.97 Å². The molecule has 0 saturated carbocycles. The maximum atomic E-state index is 10.7. The molecule has 13 atom stereocenters. The highest BCUT2D eigenvalue weighted by atomic mass is 16.7. The fourth-order valence-corrected chi connectivity index (χ4v) is 3.24. The maximum Gasteiger partial charge on any atom is 0.335 e. The molecule has 0 unspecified atom stereocenters. The van der Waals surface area contributed by atoms with Crippen molar-refractivity contribution in [3.63, 3.8) is 0 Å². The molecule has 0 bridgehead atoms. The molecule has 11 N–H and O–H groups in total. The van der Waals surface area contributed by atoms with E-state index in [1.54, 1.807) is 0 Å². The molecule has 0 aromatic carbocycles. The normalized spacial score (nSPS) is 42.5. The van der Waals surface area contributed by atoms with Gasteiger partial charge in [0.1, 0.15) is 61.0 Å². The highest BCUT2D eigenvalue weighted by Gasteiger charge is 2.47. The molecule has 16 nitrogen and oxygen atoms in total. The van der Waals surface area contributed by atoms with Gasteiger partial charge in [-0.3, -0.25) is 0 Å². The van der Waals surface area contributed by atoms with E-state index in [0.29, 0.717) is 0 Å². The van der Waals surface area contributed by atoms with Crippen molar-refractivity contribution in [1.29, 1.82) is 0 Å². The van der Waals surface area contributed by atoms with E-state index in [1.807, 2.05) is 0 Å². The van der Waals surface area contributed by atoms with Gasteiger partial charge in [-0.25, -0.2) is 4.79 Å². The van der Waals surface area contributed by atoms with Crippen LogP contribution < -0.4 is 0 Å². The molecule has 2 fully saturated rings. The zero-order valence-electron chi connectivity index (χ0n) is 17.1. The molecular formula is C17H30O16. The number of hydrogen-bond donors (Lipinski definition) is 11. The summed E-state index contributed by atoms with van der Waals surface area (Å²) < 4.78 is 20.7. The molecule has 0 spiro atoms. The Hall–Kier alpha value is -1.09. The summed E-state index contributed by atoms with van der Waals surface area (Å²) in [6.07, 6.45) is -22.9. The van der Waals surface area contributed by atoms with Crippen LogP contribution in [0.1, 0.15) is 0 Å². The van der Waals surface area contributed by atoms with Crippen molar-refractivity contribution in [3.8, 4) is 0 Å². The Morgan fingerprint density at radius 1 is 0.758 bits per heavy atom. The molecule has 0 aromatic heterocycles. The Kier molecular flexibility index (Phi) is 10.3. The molecule has 0 aliphatic carbocycles. The number of aliphatic carboxylic acids is 1. The average Bonchev–Trinajstić information content (AvgIpc) is 2.79. The van der Waals surface area contributed by atoms with Crippen LogP contribution in [0.3, 0.4) is 0 Å². The van der Waals surface area contributed by atoms with Gasteiger partial charge in [0.05, 0.1) is 19.8 Å². The summed E-state index contributed by atoms with van der Waals surface area (Å²) in [5, 5.41) is 106. The first-order valence-electron chi connectivity index (χ1n) is 9.91. The molecule has 0 radical (unpaired) electrons. The number of carbonyl (C=O) groups is 1. The number of aliphatic hydroxyl groups is 10. The largest absolute Gasteiger partial charge is 0.479 e. The predicted octanol–water partition coefficient (Wildman–Crippen LogP) is -7.21. The third-order valence-electron chi connectivity index (χ3n) is 5.34. The van der Waals surface area contributed by atoms with Gasteiger partial charge in [0.2, 0.25) is 0 Å². The Morgan fingerprint density at radius 2 is 1.24 bits per heavy atom. The number of carboxylic acid groups (broad SMARTS) is 1. The van der Waals surface area contributed by atoms with Crippen LogP contribution in [0.4, 0.5) is 0 Å². The smallest absolute Gasteiger partial charge is 0.335 e. The lowest BCUT2D eigenvalue weighted by molar-refractivity contribution is -0.333. The minimum Gasteiger partial charge on any atom is -0.479 e. The van der Waals surface area contributed by atoms with E-state index < -0.39 is 106 Å². The summed E-state index contributed by atoms with van der Waals surface area (Å²) in [5.74, 6) is -1.81.